The van der Waals surface area contributed by atoms with Crippen LogP contribution in [-0.2, 0) is 0 Å². The fourth-order valence-electron chi connectivity index (χ4n) is 1.66. The molecule has 2 heteroatoms. The highest BCUT2D eigenvalue weighted by molar-refractivity contribution is 6.57. The van der Waals surface area contributed by atoms with Gasteiger partial charge in [-0.2, -0.15) is 0 Å². The molecule has 2 rings (SSSR count). The Labute approximate surface area is 88.0 Å². The van der Waals surface area contributed by atoms with E-state index in [9.17, 15) is 5.11 Å². The smallest absolute Gasteiger partial charge is 0.0877 e. The second-order valence-corrected chi connectivity index (χ2v) is 6.03. The molecule has 2 atom stereocenters. The van der Waals surface area contributed by atoms with Crippen LogP contribution in [0.3, 0.4) is 0 Å². The van der Waals surface area contributed by atoms with Gasteiger partial charge in [0.2, 0.25) is 0 Å². The summed E-state index contributed by atoms with van der Waals surface area (Å²) in [7, 11) is 0.769. The lowest BCUT2D eigenvalue weighted by Gasteiger charge is -2.08. The Morgan fingerprint density at radius 3 is 2.64 bits per heavy atom. The first-order valence-corrected chi connectivity index (χ1v) is 6.13. The summed E-state index contributed by atoms with van der Waals surface area (Å²) < 4.78 is 0. The lowest BCUT2D eigenvalue weighted by Crippen LogP contribution is -2.21. The van der Waals surface area contributed by atoms with Crippen LogP contribution in [0.4, 0.5) is 0 Å². The van der Waals surface area contributed by atoms with Crippen LogP contribution in [-0.4, -0.2) is 20.2 Å². The Morgan fingerprint density at radius 1 is 1.43 bits per heavy atom. The summed E-state index contributed by atoms with van der Waals surface area (Å²) in [5.74, 6) is 0. The molecule has 1 aliphatic rings. The van der Waals surface area contributed by atoms with Crippen LogP contribution in [0.15, 0.2) is 18.2 Å². The molecule has 74 valence electrons. The number of aliphatic hydroxyl groups is 1. The van der Waals surface area contributed by atoms with Gasteiger partial charge in [-0.3, -0.25) is 0 Å². The fourth-order valence-corrected chi connectivity index (χ4v) is 3.46. The molecule has 0 aliphatic heterocycles. The summed E-state index contributed by atoms with van der Waals surface area (Å²) in [5, 5.41) is 11.1. The molecule has 1 aliphatic carbocycles. The van der Waals surface area contributed by atoms with E-state index in [4.69, 9.17) is 0 Å². The van der Waals surface area contributed by atoms with Gasteiger partial charge in [0, 0.05) is 0 Å². The summed E-state index contributed by atoms with van der Waals surface area (Å²) in [6, 6.07) is 6.45. The molecule has 0 bridgehead atoms. The van der Waals surface area contributed by atoms with Gasteiger partial charge < -0.3 is 5.11 Å². The van der Waals surface area contributed by atoms with Crippen LogP contribution in [0.1, 0.15) is 24.5 Å². The van der Waals surface area contributed by atoms with E-state index in [0.717, 1.165) is 15.9 Å². The van der Waals surface area contributed by atoms with E-state index in [1.807, 2.05) is 6.92 Å². The van der Waals surface area contributed by atoms with E-state index < -0.39 is 0 Å². The average Bonchev–Trinajstić information content (AvgIpc) is 2.68. The van der Waals surface area contributed by atoms with Gasteiger partial charge in [-0.1, -0.05) is 23.4 Å². The van der Waals surface area contributed by atoms with E-state index in [0.29, 0.717) is 5.54 Å². The lowest BCUT2D eigenvalue weighted by molar-refractivity contribution is 0.172. The highest BCUT2D eigenvalue weighted by Gasteiger charge is 2.48. The SMILES string of the molecule is Cc1cccc([Si]C2CC2(C)O)c1C. The molecular weight excluding hydrogens is 188 g/mol. The number of hydrogen-bond acceptors (Lipinski definition) is 1. The Balaban J connectivity index is 2.14. The maximum atomic E-state index is 9.72. The minimum atomic E-state index is -0.380. The number of hydrogen-bond donors (Lipinski definition) is 1. The Bertz CT molecular complexity index is 357. The van der Waals surface area contributed by atoms with Crippen molar-refractivity contribution in [1.82, 2.24) is 0 Å². The molecule has 1 nitrogen and oxygen atoms in total. The Morgan fingerprint density at radius 2 is 2.07 bits per heavy atom. The maximum absolute atomic E-state index is 9.72. The second kappa shape index (κ2) is 3.21. The third-order valence-corrected chi connectivity index (χ3v) is 5.17. The highest BCUT2D eigenvalue weighted by Crippen LogP contribution is 2.47. The summed E-state index contributed by atoms with van der Waals surface area (Å²) in [6.07, 6.45) is 0.971. The molecular formula is C12H16OSi. The maximum Gasteiger partial charge on any atom is 0.0877 e. The quantitative estimate of drug-likeness (QED) is 0.725. The molecule has 0 heterocycles. The van der Waals surface area contributed by atoms with Crippen molar-refractivity contribution in [2.24, 2.45) is 0 Å². The van der Waals surface area contributed by atoms with E-state index in [1.165, 1.54) is 16.3 Å². The summed E-state index contributed by atoms with van der Waals surface area (Å²) in [5.41, 5.74) is 2.88. The predicted octanol–water partition coefficient (Wildman–Crippen LogP) is 1.58. The molecule has 0 spiro atoms. The minimum Gasteiger partial charge on any atom is -0.390 e. The molecule has 0 saturated heterocycles. The van der Waals surface area contributed by atoms with Crippen molar-refractivity contribution in [1.29, 1.82) is 0 Å². The third kappa shape index (κ3) is 1.77. The van der Waals surface area contributed by atoms with Crippen LogP contribution in [0.2, 0.25) is 5.54 Å². The van der Waals surface area contributed by atoms with E-state index in [2.05, 4.69) is 32.0 Å². The monoisotopic (exact) mass is 204 g/mol. The van der Waals surface area contributed by atoms with Crippen LogP contribution >= 0.6 is 0 Å². The molecule has 14 heavy (non-hydrogen) atoms. The Kier molecular flexibility index (Phi) is 2.28. The first-order valence-electron chi connectivity index (χ1n) is 5.06. The molecule has 0 amide bonds. The van der Waals surface area contributed by atoms with Crippen molar-refractivity contribution in [2.45, 2.75) is 38.3 Å². The highest BCUT2D eigenvalue weighted by atomic mass is 28.2. The zero-order chi connectivity index (χ0) is 10.3. The lowest BCUT2D eigenvalue weighted by atomic mass is 10.1. The van der Waals surface area contributed by atoms with Crippen molar-refractivity contribution in [3.05, 3.63) is 29.3 Å². The average molecular weight is 204 g/mol. The normalized spacial score (nSPS) is 30.4. The van der Waals surface area contributed by atoms with Crippen LogP contribution in [0.5, 0.6) is 0 Å². The zero-order valence-electron chi connectivity index (χ0n) is 8.96. The van der Waals surface area contributed by atoms with Crippen molar-refractivity contribution >= 4 is 14.7 Å². The van der Waals surface area contributed by atoms with E-state index in [1.54, 1.807) is 0 Å². The zero-order valence-corrected chi connectivity index (χ0v) is 9.96. The molecule has 1 aromatic carbocycles. The molecule has 1 N–H and O–H groups in total. The largest absolute Gasteiger partial charge is 0.390 e. The first-order chi connectivity index (χ1) is 6.50. The summed E-state index contributed by atoms with van der Waals surface area (Å²) in [4.78, 5) is 0. The van der Waals surface area contributed by atoms with Crippen molar-refractivity contribution in [2.75, 3.05) is 0 Å². The van der Waals surface area contributed by atoms with Crippen LogP contribution < -0.4 is 5.19 Å². The number of benzene rings is 1. The fraction of sp³-hybridized carbons (Fsp3) is 0.500. The van der Waals surface area contributed by atoms with E-state index >= 15 is 0 Å². The molecule has 2 radical (unpaired) electrons. The van der Waals surface area contributed by atoms with Crippen LogP contribution in [0, 0.1) is 13.8 Å². The van der Waals surface area contributed by atoms with Gasteiger partial charge in [0.1, 0.15) is 0 Å². The molecule has 0 aromatic heterocycles. The second-order valence-electron chi connectivity index (χ2n) is 4.51. The van der Waals surface area contributed by atoms with Gasteiger partial charge in [0.25, 0.3) is 0 Å². The third-order valence-electron chi connectivity index (χ3n) is 3.14. The standard InChI is InChI=1S/C12H16OSi/c1-8-5-4-6-10(9(8)2)14-11-7-12(11,3)13/h4-6,11,13H,7H2,1-3H3. The van der Waals surface area contributed by atoms with Gasteiger partial charge in [0.05, 0.1) is 15.1 Å². The molecule has 1 saturated carbocycles. The van der Waals surface area contributed by atoms with Gasteiger partial charge in [-0.25, -0.2) is 0 Å². The summed E-state index contributed by atoms with van der Waals surface area (Å²) in [6.45, 7) is 6.26. The van der Waals surface area contributed by atoms with E-state index in [-0.39, 0.29) is 5.60 Å². The van der Waals surface area contributed by atoms with Gasteiger partial charge in [0.15, 0.2) is 0 Å². The van der Waals surface area contributed by atoms with Crippen molar-refractivity contribution < 1.29 is 5.11 Å². The first kappa shape index (κ1) is 9.93. The number of aryl methyl sites for hydroxylation is 1. The molecule has 1 fully saturated rings. The predicted molar refractivity (Wildman–Crippen MR) is 60.3 cm³/mol. The van der Waals surface area contributed by atoms with Gasteiger partial charge in [-0.05, 0) is 43.9 Å². The van der Waals surface area contributed by atoms with Crippen molar-refractivity contribution in [3.63, 3.8) is 0 Å². The molecule has 2 unspecified atom stereocenters. The van der Waals surface area contributed by atoms with Gasteiger partial charge in [-0.15, -0.1) is 0 Å². The summed E-state index contributed by atoms with van der Waals surface area (Å²) >= 11 is 0. The minimum absolute atomic E-state index is 0.380. The van der Waals surface area contributed by atoms with Crippen LogP contribution in [0.25, 0.3) is 0 Å². The van der Waals surface area contributed by atoms with Gasteiger partial charge >= 0.3 is 0 Å². The van der Waals surface area contributed by atoms with Crippen molar-refractivity contribution in [3.8, 4) is 0 Å². The number of rotatable bonds is 2. The molecule has 1 aromatic rings. The topological polar surface area (TPSA) is 20.2 Å². The Hall–Kier alpha value is -0.603.